The summed E-state index contributed by atoms with van der Waals surface area (Å²) in [4.78, 5) is 11.6. The zero-order valence-corrected chi connectivity index (χ0v) is 9.71. The van der Waals surface area contributed by atoms with Gasteiger partial charge in [0.2, 0.25) is 0 Å². The molecule has 0 aliphatic heterocycles. The van der Waals surface area contributed by atoms with Gasteiger partial charge in [-0.15, -0.1) is 0 Å². The summed E-state index contributed by atoms with van der Waals surface area (Å²) in [6, 6.07) is 0. The summed E-state index contributed by atoms with van der Waals surface area (Å²) in [5.41, 5.74) is 1.32. The van der Waals surface area contributed by atoms with Crippen LogP contribution < -0.4 is 0 Å². The molecule has 0 aromatic rings. The van der Waals surface area contributed by atoms with Gasteiger partial charge in [-0.3, -0.25) is 4.79 Å². The van der Waals surface area contributed by atoms with Crippen LogP contribution in [0.5, 0.6) is 0 Å². The van der Waals surface area contributed by atoms with E-state index in [1.165, 1.54) is 24.8 Å². The number of allylic oxidation sites excluding steroid dienone is 1. The lowest BCUT2D eigenvalue weighted by atomic mass is 9.70. The van der Waals surface area contributed by atoms with Crippen LogP contribution >= 0.6 is 0 Å². The van der Waals surface area contributed by atoms with E-state index in [0.717, 1.165) is 0 Å². The minimum absolute atomic E-state index is 0.0230. The minimum Gasteiger partial charge on any atom is -0.466 e. The summed E-state index contributed by atoms with van der Waals surface area (Å²) in [6.45, 7) is 8.72. The lowest BCUT2D eigenvalue weighted by Gasteiger charge is -2.35. The van der Waals surface area contributed by atoms with Crippen molar-refractivity contribution in [1.82, 2.24) is 0 Å². The molecule has 0 aromatic heterocycles. The molecule has 15 heavy (non-hydrogen) atoms. The number of esters is 1. The summed E-state index contributed by atoms with van der Waals surface area (Å²) in [7, 11) is 0. The zero-order chi connectivity index (χ0) is 11.1. The summed E-state index contributed by atoms with van der Waals surface area (Å²) < 4.78 is 5.04. The van der Waals surface area contributed by atoms with Crippen molar-refractivity contribution in [2.75, 3.05) is 6.61 Å². The highest BCUT2D eigenvalue weighted by Gasteiger charge is 2.51. The van der Waals surface area contributed by atoms with Gasteiger partial charge in [0.05, 0.1) is 13.0 Å². The van der Waals surface area contributed by atoms with Gasteiger partial charge in [0, 0.05) is 5.41 Å². The first-order chi connectivity index (χ1) is 7.08. The Kier molecular flexibility index (Phi) is 2.61. The number of rotatable bonds is 3. The van der Waals surface area contributed by atoms with E-state index in [1.807, 2.05) is 6.92 Å². The van der Waals surface area contributed by atoms with Crippen LogP contribution in [0.1, 0.15) is 39.5 Å². The van der Waals surface area contributed by atoms with Gasteiger partial charge in [-0.25, -0.2) is 0 Å². The highest BCUT2D eigenvalue weighted by atomic mass is 16.5. The van der Waals surface area contributed by atoms with E-state index in [1.54, 1.807) is 0 Å². The van der Waals surface area contributed by atoms with Crippen molar-refractivity contribution in [2.45, 2.75) is 39.5 Å². The monoisotopic (exact) mass is 208 g/mol. The molecule has 2 aliphatic rings. The van der Waals surface area contributed by atoms with Crippen LogP contribution in [0.25, 0.3) is 0 Å². The number of carbonyl (C=O) groups is 1. The fourth-order valence-electron chi connectivity index (χ4n) is 3.37. The molecule has 0 spiro atoms. The van der Waals surface area contributed by atoms with Crippen LogP contribution in [0.3, 0.4) is 0 Å². The van der Waals surface area contributed by atoms with Gasteiger partial charge in [-0.05, 0) is 38.0 Å². The molecular weight excluding hydrogens is 188 g/mol. The lowest BCUT2D eigenvalue weighted by Crippen LogP contribution is -2.30. The third-order valence-electron chi connectivity index (χ3n) is 4.38. The van der Waals surface area contributed by atoms with Gasteiger partial charge in [0.1, 0.15) is 0 Å². The normalized spacial score (nSPS) is 38.4. The van der Waals surface area contributed by atoms with Crippen LogP contribution in [0, 0.1) is 17.3 Å². The standard InChI is InChI=1S/C13H20O2/c1-4-15-12(14)8-13(3)9(2)10-5-6-11(13)7-10/h10-11H,2,4-8H2,1,3H3. The van der Waals surface area contributed by atoms with E-state index in [4.69, 9.17) is 4.74 Å². The van der Waals surface area contributed by atoms with Crippen molar-refractivity contribution in [1.29, 1.82) is 0 Å². The van der Waals surface area contributed by atoms with E-state index in [-0.39, 0.29) is 11.4 Å². The second kappa shape index (κ2) is 3.66. The average Bonchev–Trinajstić information content (AvgIpc) is 2.71. The van der Waals surface area contributed by atoms with Crippen LogP contribution in [0.2, 0.25) is 0 Å². The fourth-order valence-corrected chi connectivity index (χ4v) is 3.37. The number of hydrogen-bond acceptors (Lipinski definition) is 2. The molecule has 2 bridgehead atoms. The topological polar surface area (TPSA) is 26.3 Å². The molecule has 3 atom stereocenters. The highest BCUT2D eigenvalue weighted by molar-refractivity contribution is 5.71. The highest BCUT2D eigenvalue weighted by Crippen LogP contribution is 2.60. The predicted molar refractivity (Wildman–Crippen MR) is 59.3 cm³/mol. The smallest absolute Gasteiger partial charge is 0.306 e. The molecule has 0 amide bonds. The molecule has 0 aromatic carbocycles. The largest absolute Gasteiger partial charge is 0.466 e. The molecule has 2 saturated carbocycles. The van der Waals surface area contributed by atoms with Gasteiger partial charge in [0.15, 0.2) is 0 Å². The molecule has 2 fully saturated rings. The maximum atomic E-state index is 11.6. The first kappa shape index (κ1) is 10.7. The van der Waals surface area contributed by atoms with Gasteiger partial charge in [0.25, 0.3) is 0 Å². The predicted octanol–water partition coefficient (Wildman–Crippen LogP) is 2.93. The Hall–Kier alpha value is -0.790. The zero-order valence-electron chi connectivity index (χ0n) is 9.71. The Morgan fingerprint density at radius 3 is 2.87 bits per heavy atom. The Balaban J connectivity index is 2.07. The van der Waals surface area contributed by atoms with Crippen molar-refractivity contribution >= 4 is 5.97 Å². The van der Waals surface area contributed by atoms with Gasteiger partial charge in [-0.2, -0.15) is 0 Å². The summed E-state index contributed by atoms with van der Waals surface area (Å²) in [6.07, 6.45) is 4.32. The van der Waals surface area contributed by atoms with Crippen LogP contribution in [0.15, 0.2) is 12.2 Å². The molecule has 2 heteroatoms. The number of carbonyl (C=O) groups excluding carboxylic acids is 1. The summed E-state index contributed by atoms with van der Waals surface area (Å²) in [5, 5.41) is 0. The van der Waals surface area contributed by atoms with E-state index in [0.29, 0.717) is 24.9 Å². The van der Waals surface area contributed by atoms with Gasteiger partial charge in [-0.1, -0.05) is 19.1 Å². The minimum atomic E-state index is -0.0614. The lowest BCUT2D eigenvalue weighted by molar-refractivity contribution is -0.145. The quantitative estimate of drug-likeness (QED) is 0.526. The maximum Gasteiger partial charge on any atom is 0.306 e. The maximum absolute atomic E-state index is 11.6. The molecule has 0 heterocycles. The van der Waals surface area contributed by atoms with Crippen molar-refractivity contribution in [3.63, 3.8) is 0 Å². The Morgan fingerprint density at radius 2 is 2.33 bits per heavy atom. The summed E-state index contributed by atoms with van der Waals surface area (Å²) >= 11 is 0. The number of fused-ring (bicyclic) bond motifs is 2. The molecular formula is C13H20O2. The number of ether oxygens (including phenoxy) is 1. The van der Waals surface area contributed by atoms with Crippen LogP contribution in [0.4, 0.5) is 0 Å². The first-order valence-corrected chi connectivity index (χ1v) is 5.93. The Labute approximate surface area is 91.7 Å². The second-order valence-electron chi connectivity index (χ2n) is 5.13. The van der Waals surface area contributed by atoms with Crippen LogP contribution in [-0.2, 0) is 9.53 Å². The third-order valence-corrected chi connectivity index (χ3v) is 4.38. The van der Waals surface area contributed by atoms with Gasteiger partial charge >= 0.3 is 5.97 Å². The fraction of sp³-hybridized carbons (Fsp3) is 0.769. The van der Waals surface area contributed by atoms with E-state index in [2.05, 4.69) is 13.5 Å². The molecule has 2 rings (SSSR count). The molecule has 0 saturated heterocycles. The molecule has 0 N–H and O–H groups in total. The molecule has 2 nitrogen and oxygen atoms in total. The first-order valence-electron chi connectivity index (χ1n) is 5.93. The summed E-state index contributed by atoms with van der Waals surface area (Å²) in [5.74, 6) is 1.28. The third kappa shape index (κ3) is 1.60. The van der Waals surface area contributed by atoms with E-state index >= 15 is 0 Å². The number of hydrogen-bond donors (Lipinski definition) is 0. The Bertz CT molecular complexity index is 295. The van der Waals surface area contributed by atoms with E-state index < -0.39 is 0 Å². The molecule has 3 unspecified atom stereocenters. The molecule has 84 valence electrons. The molecule has 2 aliphatic carbocycles. The Morgan fingerprint density at radius 1 is 1.60 bits per heavy atom. The second-order valence-corrected chi connectivity index (χ2v) is 5.13. The van der Waals surface area contributed by atoms with Gasteiger partial charge < -0.3 is 4.74 Å². The van der Waals surface area contributed by atoms with Crippen molar-refractivity contribution in [2.24, 2.45) is 17.3 Å². The van der Waals surface area contributed by atoms with Crippen molar-refractivity contribution in [3.8, 4) is 0 Å². The van der Waals surface area contributed by atoms with Crippen molar-refractivity contribution in [3.05, 3.63) is 12.2 Å². The van der Waals surface area contributed by atoms with Crippen LogP contribution in [-0.4, -0.2) is 12.6 Å². The van der Waals surface area contributed by atoms with Crippen molar-refractivity contribution < 1.29 is 9.53 Å². The van der Waals surface area contributed by atoms with E-state index in [9.17, 15) is 4.79 Å². The SMILES string of the molecule is C=C1C2CCC(C2)C1(C)CC(=O)OCC. The molecule has 0 radical (unpaired) electrons. The average molecular weight is 208 g/mol.